The van der Waals surface area contributed by atoms with Crippen LogP contribution in [0.1, 0.15) is 29.2 Å². The molecule has 0 fully saturated rings. The summed E-state index contributed by atoms with van der Waals surface area (Å²) < 4.78 is 0. The molecular weight excluding hydrogens is 236 g/mol. The highest BCUT2D eigenvalue weighted by atomic mass is 16.3. The summed E-state index contributed by atoms with van der Waals surface area (Å²) in [5.41, 5.74) is 3.18. The molecule has 2 nitrogen and oxygen atoms in total. The third-order valence-corrected chi connectivity index (χ3v) is 3.30. The molecule has 0 saturated heterocycles. The third-order valence-electron chi connectivity index (χ3n) is 3.30. The molecule has 2 N–H and O–H groups in total. The molecule has 2 heteroatoms. The van der Waals surface area contributed by atoms with Crippen molar-refractivity contribution in [2.75, 3.05) is 0 Å². The van der Waals surface area contributed by atoms with Gasteiger partial charge in [-0.2, -0.15) is 0 Å². The fourth-order valence-corrected chi connectivity index (χ4v) is 2.45. The van der Waals surface area contributed by atoms with Gasteiger partial charge < -0.3 is 10.2 Å². The minimum Gasteiger partial charge on any atom is -0.508 e. The van der Waals surface area contributed by atoms with Gasteiger partial charge >= 0.3 is 0 Å². The van der Waals surface area contributed by atoms with Crippen molar-refractivity contribution in [3.05, 3.63) is 64.7 Å². The van der Waals surface area contributed by atoms with E-state index < -0.39 is 5.60 Å². The predicted octanol–water partition coefficient (Wildman–Crippen LogP) is 3.46. The van der Waals surface area contributed by atoms with Crippen LogP contribution < -0.4 is 0 Å². The number of phenols is 1. The van der Waals surface area contributed by atoms with Crippen LogP contribution in [0.2, 0.25) is 0 Å². The van der Waals surface area contributed by atoms with E-state index in [9.17, 15) is 10.2 Å². The van der Waals surface area contributed by atoms with Crippen LogP contribution in [0.3, 0.4) is 0 Å². The normalized spacial score (nSPS) is 14.1. The SMILES string of the molecule is Cc1cc(C)cc(C(C)(O)Cc2cccc(O)c2)c1. The van der Waals surface area contributed by atoms with Crippen molar-refractivity contribution < 1.29 is 10.2 Å². The molecule has 0 aliphatic carbocycles. The topological polar surface area (TPSA) is 40.5 Å². The molecule has 1 unspecified atom stereocenters. The van der Waals surface area contributed by atoms with Gasteiger partial charge in [0.05, 0.1) is 5.60 Å². The van der Waals surface area contributed by atoms with Crippen LogP contribution >= 0.6 is 0 Å². The van der Waals surface area contributed by atoms with Gasteiger partial charge in [0.15, 0.2) is 0 Å². The number of aliphatic hydroxyl groups is 1. The number of hydrogen-bond acceptors (Lipinski definition) is 2. The van der Waals surface area contributed by atoms with E-state index in [2.05, 4.69) is 6.07 Å². The summed E-state index contributed by atoms with van der Waals surface area (Å²) in [5, 5.41) is 20.2. The van der Waals surface area contributed by atoms with Gasteiger partial charge in [0, 0.05) is 6.42 Å². The van der Waals surface area contributed by atoms with Crippen LogP contribution in [-0.2, 0) is 12.0 Å². The fourth-order valence-electron chi connectivity index (χ4n) is 2.45. The predicted molar refractivity (Wildman–Crippen MR) is 77.3 cm³/mol. The Labute approximate surface area is 114 Å². The first-order chi connectivity index (χ1) is 8.87. The van der Waals surface area contributed by atoms with Crippen LogP contribution in [0.5, 0.6) is 5.75 Å². The molecule has 0 heterocycles. The Hall–Kier alpha value is -1.80. The largest absolute Gasteiger partial charge is 0.508 e. The average Bonchev–Trinajstić information content (AvgIpc) is 2.26. The molecule has 1 atom stereocenters. The van der Waals surface area contributed by atoms with Gasteiger partial charge in [0.25, 0.3) is 0 Å². The van der Waals surface area contributed by atoms with Gasteiger partial charge in [0.1, 0.15) is 5.75 Å². The van der Waals surface area contributed by atoms with Crippen LogP contribution in [-0.4, -0.2) is 10.2 Å². The van der Waals surface area contributed by atoms with Crippen molar-refractivity contribution in [2.45, 2.75) is 32.8 Å². The number of aromatic hydroxyl groups is 1. The van der Waals surface area contributed by atoms with Crippen molar-refractivity contribution in [3.63, 3.8) is 0 Å². The van der Waals surface area contributed by atoms with E-state index in [1.165, 1.54) is 0 Å². The highest BCUT2D eigenvalue weighted by Crippen LogP contribution is 2.28. The zero-order valence-corrected chi connectivity index (χ0v) is 11.6. The third kappa shape index (κ3) is 3.36. The van der Waals surface area contributed by atoms with E-state index in [-0.39, 0.29) is 5.75 Å². The highest BCUT2D eigenvalue weighted by molar-refractivity contribution is 5.35. The number of phenolic OH excluding ortho intramolecular Hbond substituents is 1. The second-order valence-corrected chi connectivity index (χ2v) is 5.50. The molecule has 2 rings (SSSR count). The van der Waals surface area contributed by atoms with Gasteiger partial charge in [-0.25, -0.2) is 0 Å². The lowest BCUT2D eigenvalue weighted by molar-refractivity contribution is 0.0575. The number of hydrogen-bond donors (Lipinski definition) is 2. The lowest BCUT2D eigenvalue weighted by Crippen LogP contribution is -2.24. The number of benzene rings is 2. The maximum Gasteiger partial charge on any atom is 0.115 e. The molecule has 2 aromatic rings. The summed E-state index contributed by atoms with van der Waals surface area (Å²) in [4.78, 5) is 0. The van der Waals surface area contributed by atoms with Gasteiger partial charge in [0.2, 0.25) is 0 Å². The molecule has 19 heavy (non-hydrogen) atoms. The average molecular weight is 256 g/mol. The van der Waals surface area contributed by atoms with Crippen molar-refractivity contribution in [1.82, 2.24) is 0 Å². The Morgan fingerprint density at radius 2 is 1.63 bits per heavy atom. The summed E-state index contributed by atoms with van der Waals surface area (Å²) in [5.74, 6) is 0.230. The van der Waals surface area contributed by atoms with E-state index in [4.69, 9.17) is 0 Å². The Morgan fingerprint density at radius 3 is 2.21 bits per heavy atom. The minimum absolute atomic E-state index is 0.230. The quantitative estimate of drug-likeness (QED) is 0.883. The van der Waals surface area contributed by atoms with Crippen molar-refractivity contribution >= 4 is 0 Å². The van der Waals surface area contributed by atoms with Crippen LogP contribution in [0.15, 0.2) is 42.5 Å². The zero-order valence-electron chi connectivity index (χ0n) is 11.6. The second kappa shape index (κ2) is 5.06. The summed E-state index contributed by atoms with van der Waals surface area (Å²) in [6, 6.07) is 13.1. The molecule has 0 aliphatic heterocycles. The van der Waals surface area contributed by atoms with E-state index in [0.717, 1.165) is 22.3 Å². The van der Waals surface area contributed by atoms with Crippen LogP contribution in [0.25, 0.3) is 0 Å². The summed E-state index contributed by atoms with van der Waals surface area (Å²) in [7, 11) is 0. The van der Waals surface area contributed by atoms with Crippen LogP contribution in [0.4, 0.5) is 0 Å². The summed E-state index contributed by atoms with van der Waals surface area (Å²) in [6.45, 7) is 5.87. The monoisotopic (exact) mass is 256 g/mol. The smallest absolute Gasteiger partial charge is 0.115 e. The maximum absolute atomic E-state index is 10.7. The first kappa shape index (κ1) is 13.6. The molecule has 0 aromatic heterocycles. The van der Waals surface area contributed by atoms with E-state index in [1.54, 1.807) is 18.2 Å². The molecule has 100 valence electrons. The number of aryl methyl sites for hydroxylation is 2. The lowest BCUT2D eigenvalue weighted by Gasteiger charge is -2.25. The van der Waals surface area contributed by atoms with Gasteiger partial charge in [-0.1, -0.05) is 41.5 Å². The molecule has 0 bridgehead atoms. The molecule has 0 amide bonds. The highest BCUT2D eigenvalue weighted by Gasteiger charge is 2.24. The van der Waals surface area contributed by atoms with Gasteiger partial charge in [-0.05, 0) is 44.0 Å². The fraction of sp³-hybridized carbons (Fsp3) is 0.294. The van der Waals surface area contributed by atoms with Gasteiger partial charge in [-0.15, -0.1) is 0 Å². The first-order valence-corrected chi connectivity index (χ1v) is 6.46. The zero-order chi connectivity index (χ0) is 14.0. The summed E-state index contributed by atoms with van der Waals surface area (Å²) in [6.07, 6.45) is 0.476. The molecular formula is C17H20O2. The van der Waals surface area contributed by atoms with E-state index in [1.807, 2.05) is 39.0 Å². The molecule has 0 spiro atoms. The Balaban J connectivity index is 2.31. The van der Waals surface area contributed by atoms with Crippen LogP contribution in [0, 0.1) is 13.8 Å². The Bertz CT molecular complexity index is 565. The molecule has 2 aromatic carbocycles. The van der Waals surface area contributed by atoms with Crippen molar-refractivity contribution in [2.24, 2.45) is 0 Å². The lowest BCUT2D eigenvalue weighted by atomic mass is 9.87. The van der Waals surface area contributed by atoms with E-state index >= 15 is 0 Å². The number of rotatable bonds is 3. The molecule has 0 saturated carbocycles. The van der Waals surface area contributed by atoms with E-state index in [0.29, 0.717) is 6.42 Å². The van der Waals surface area contributed by atoms with Crippen molar-refractivity contribution in [3.8, 4) is 5.75 Å². The molecule has 0 aliphatic rings. The molecule has 0 radical (unpaired) electrons. The van der Waals surface area contributed by atoms with Gasteiger partial charge in [-0.3, -0.25) is 0 Å². The maximum atomic E-state index is 10.7. The standard InChI is InChI=1S/C17H20O2/c1-12-7-13(2)9-15(8-12)17(3,19)11-14-5-4-6-16(18)10-14/h4-10,18-19H,11H2,1-3H3. The second-order valence-electron chi connectivity index (χ2n) is 5.50. The summed E-state index contributed by atoms with van der Waals surface area (Å²) >= 11 is 0. The Kier molecular flexibility index (Phi) is 3.63. The first-order valence-electron chi connectivity index (χ1n) is 6.46. The minimum atomic E-state index is -0.940. The van der Waals surface area contributed by atoms with Crippen molar-refractivity contribution in [1.29, 1.82) is 0 Å². The Morgan fingerprint density at radius 1 is 1.00 bits per heavy atom.